The molecule has 0 bridgehead atoms. The van der Waals surface area contributed by atoms with Gasteiger partial charge in [-0.15, -0.1) is 0 Å². The van der Waals surface area contributed by atoms with Gasteiger partial charge in [-0.2, -0.15) is 0 Å². The summed E-state index contributed by atoms with van der Waals surface area (Å²) in [5.41, 5.74) is 2.77. The maximum Gasteiger partial charge on any atom is 0.128 e. The van der Waals surface area contributed by atoms with E-state index in [1.165, 1.54) is 6.07 Å². The van der Waals surface area contributed by atoms with Gasteiger partial charge in [-0.25, -0.2) is 4.39 Å². The van der Waals surface area contributed by atoms with Gasteiger partial charge >= 0.3 is 0 Å². The summed E-state index contributed by atoms with van der Waals surface area (Å²) >= 11 is 5.81. The first-order valence-electron chi connectivity index (χ1n) is 5.91. The summed E-state index contributed by atoms with van der Waals surface area (Å²) < 4.78 is 16.2. The zero-order valence-corrected chi connectivity index (χ0v) is 14.4. The summed E-state index contributed by atoms with van der Waals surface area (Å²) in [7, 11) is 1.85. The molecule has 0 aliphatic heterocycles. The quantitative estimate of drug-likeness (QED) is 0.685. The first-order valence-corrected chi connectivity index (χ1v) is 7.78. The molecule has 4 heteroatoms. The van der Waals surface area contributed by atoms with E-state index in [0.717, 1.165) is 19.2 Å². The number of aryl methyl sites for hydroxylation is 1. The van der Waals surface area contributed by atoms with E-state index in [-0.39, 0.29) is 11.9 Å². The second-order valence-corrected chi connectivity index (χ2v) is 6.51. The lowest BCUT2D eigenvalue weighted by Crippen LogP contribution is -2.19. The Morgan fingerprint density at radius 3 is 2.58 bits per heavy atom. The smallest absolute Gasteiger partial charge is 0.128 e. The van der Waals surface area contributed by atoms with Gasteiger partial charge in [-0.3, -0.25) is 0 Å². The van der Waals surface area contributed by atoms with Gasteiger partial charge in [0.05, 0.1) is 6.04 Å². The van der Waals surface area contributed by atoms with Crippen molar-refractivity contribution >= 4 is 38.5 Å². The molecule has 2 aromatic carbocycles. The van der Waals surface area contributed by atoms with Crippen molar-refractivity contribution in [3.8, 4) is 0 Å². The first-order chi connectivity index (χ1) is 9.02. The topological polar surface area (TPSA) is 12.0 Å². The van der Waals surface area contributed by atoms with Crippen molar-refractivity contribution in [3.05, 3.63) is 66.9 Å². The minimum Gasteiger partial charge on any atom is -0.309 e. The molecule has 0 fully saturated rings. The highest BCUT2D eigenvalue weighted by Crippen LogP contribution is 2.31. The van der Waals surface area contributed by atoms with Crippen LogP contribution in [0.4, 0.5) is 4.39 Å². The van der Waals surface area contributed by atoms with E-state index in [2.05, 4.69) is 49.9 Å². The minimum absolute atomic E-state index is 0.163. The molecule has 1 nitrogen and oxygen atoms in total. The average molecular weight is 434 g/mol. The van der Waals surface area contributed by atoms with Crippen LogP contribution in [0, 0.1) is 16.3 Å². The highest BCUT2D eigenvalue weighted by atomic mass is 127. The summed E-state index contributed by atoms with van der Waals surface area (Å²) in [6.45, 7) is 1.97. The van der Waals surface area contributed by atoms with Gasteiger partial charge in [0.15, 0.2) is 0 Å². The molecule has 1 unspecified atom stereocenters. The molecule has 0 heterocycles. The number of halogens is 3. The Balaban J connectivity index is 2.55. The third-order valence-corrected chi connectivity index (χ3v) is 4.41. The molecule has 19 heavy (non-hydrogen) atoms. The fraction of sp³-hybridized carbons (Fsp3) is 0.200. The molecule has 100 valence electrons. The zero-order valence-electron chi connectivity index (χ0n) is 10.7. The number of hydrogen-bond acceptors (Lipinski definition) is 1. The van der Waals surface area contributed by atoms with Crippen molar-refractivity contribution in [2.24, 2.45) is 0 Å². The molecule has 1 N–H and O–H groups in total. The normalized spacial score (nSPS) is 12.5. The molecule has 0 aliphatic rings. The predicted octanol–water partition coefficient (Wildman–Crippen LogP) is 4.81. The van der Waals surface area contributed by atoms with Crippen LogP contribution in [0.3, 0.4) is 0 Å². The van der Waals surface area contributed by atoms with Crippen LogP contribution in [-0.2, 0) is 0 Å². The Kier molecular flexibility index (Phi) is 4.97. The lowest BCUT2D eigenvalue weighted by Gasteiger charge is -2.20. The molecule has 0 saturated carbocycles. The number of benzene rings is 2. The molecule has 0 amide bonds. The van der Waals surface area contributed by atoms with Crippen LogP contribution in [0.15, 0.2) is 40.9 Å². The number of nitrogens with one attached hydrogen (secondary N) is 1. The maximum atomic E-state index is 14.1. The van der Waals surface area contributed by atoms with Crippen molar-refractivity contribution in [2.45, 2.75) is 13.0 Å². The average Bonchev–Trinajstić information content (AvgIpc) is 2.38. The molecule has 1 atom stereocenters. The highest BCUT2D eigenvalue weighted by molar-refractivity contribution is 14.1. The van der Waals surface area contributed by atoms with E-state index in [0.29, 0.717) is 5.56 Å². The lowest BCUT2D eigenvalue weighted by atomic mass is 9.97. The van der Waals surface area contributed by atoms with Gasteiger partial charge in [0, 0.05) is 13.6 Å². The minimum atomic E-state index is -0.185. The first kappa shape index (κ1) is 14.9. The Hall–Kier alpha value is -0.460. The van der Waals surface area contributed by atoms with Gasteiger partial charge < -0.3 is 5.32 Å². The monoisotopic (exact) mass is 433 g/mol. The van der Waals surface area contributed by atoms with Gasteiger partial charge in [0.2, 0.25) is 0 Å². The van der Waals surface area contributed by atoms with Crippen LogP contribution >= 0.6 is 38.5 Å². The van der Waals surface area contributed by atoms with Gasteiger partial charge in [0.25, 0.3) is 0 Å². The van der Waals surface area contributed by atoms with E-state index in [9.17, 15) is 4.39 Å². The molecule has 2 rings (SSSR count). The van der Waals surface area contributed by atoms with Crippen LogP contribution < -0.4 is 5.32 Å². The summed E-state index contributed by atoms with van der Waals surface area (Å²) in [4.78, 5) is 0. The molecule has 0 aromatic heterocycles. The van der Waals surface area contributed by atoms with E-state index >= 15 is 0 Å². The SMILES string of the molecule is CNC(c1cc(C)ccc1F)c1cc(I)ccc1Br. The van der Waals surface area contributed by atoms with Crippen LogP contribution in [0.1, 0.15) is 22.7 Å². The Bertz CT molecular complexity index is 549. The Labute approximate surface area is 134 Å². The largest absolute Gasteiger partial charge is 0.309 e. The molecule has 0 radical (unpaired) electrons. The molecule has 0 saturated heterocycles. The number of rotatable bonds is 3. The summed E-state index contributed by atoms with van der Waals surface area (Å²) in [5, 5.41) is 3.20. The second kappa shape index (κ2) is 6.33. The van der Waals surface area contributed by atoms with Gasteiger partial charge in [0.1, 0.15) is 5.82 Å². The third-order valence-electron chi connectivity index (χ3n) is 3.02. The lowest BCUT2D eigenvalue weighted by molar-refractivity contribution is 0.574. The van der Waals surface area contributed by atoms with Crippen LogP contribution in [0.2, 0.25) is 0 Å². The molecule has 0 aliphatic carbocycles. The Morgan fingerprint density at radius 1 is 1.16 bits per heavy atom. The van der Waals surface area contributed by atoms with Crippen LogP contribution in [-0.4, -0.2) is 7.05 Å². The van der Waals surface area contributed by atoms with E-state index < -0.39 is 0 Å². The van der Waals surface area contributed by atoms with Crippen molar-refractivity contribution in [3.63, 3.8) is 0 Å². The van der Waals surface area contributed by atoms with Crippen molar-refractivity contribution in [1.29, 1.82) is 0 Å². The standard InChI is InChI=1S/C15H14BrFIN/c1-9-3-6-14(17)12(7-9)15(19-2)11-8-10(18)4-5-13(11)16/h3-8,15,19H,1-2H3. The van der Waals surface area contributed by atoms with Crippen LogP contribution in [0.5, 0.6) is 0 Å². The fourth-order valence-corrected chi connectivity index (χ4v) is 3.09. The van der Waals surface area contributed by atoms with E-state index in [1.807, 2.05) is 32.2 Å². The van der Waals surface area contributed by atoms with Crippen LogP contribution in [0.25, 0.3) is 0 Å². The third kappa shape index (κ3) is 3.35. The van der Waals surface area contributed by atoms with Gasteiger partial charge in [-0.05, 0) is 66.4 Å². The summed E-state index contributed by atoms with van der Waals surface area (Å²) in [6.07, 6.45) is 0. The van der Waals surface area contributed by atoms with Gasteiger partial charge in [-0.1, -0.05) is 33.6 Å². The van der Waals surface area contributed by atoms with Crippen molar-refractivity contribution in [2.75, 3.05) is 7.05 Å². The summed E-state index contributed by atoms with van der Waals surface area (Å²) in [6, 6.07) is 11.1. The fourth-order valence-electron chi connectivity index (χ4n) is 2.10. The second-order valence-electron chi connectivity index (χ2n) is 4.41. The zero-order chi connectivity index (χ0) is 14.0. The van der Waals surface area contributed by atoms with E-state index in [4.69, 9.17) is 0 Å². The highest BCUT2D eigenvalue weighted by Gasteiger charge is 2.19. The maximum absolute atomic E-state index is 14.1. The molecule has 2 aromatic rings. The summed E-state index contributed by atoms with van der Waals surface area (Å²) in [5.74, 6) is -0.185. The van der Waals surface area contributed by atoms with Crippen molar-refractivity contribution in [1.82, 2.24) is 5.32 Å². The molecule has 0 spiro atoms. The van der Waals surface area contributed by atoms with Crippen molar-refractivity contribution < 1.29 is 4.39 Å². The van der Waals surface area contributed by atoms with E-state index in [1.54, 1.807) is 6.07 Å². The number of hydrogen-bond donors (Lipinski definition) is 1. The Morgan fingerprint density at radius 2 is 1.89 bits per heavy atom. The predicted molar refractivity (Wildman–Crippen MR) is 88.9 cm³/mol. The molecular formula is C15H14BrFIN. The molecular weight excluding hydrogens is 420 g/mol.